The molecule has 0 amide bonds. The third-order valence-corrected chi connectivity index (χ3v) is 4.16. The summed E-state index contributed by atoms with van der Waals surface area (Å²) in [4.78, 5) is 1.24. The maximum atomic E-state index is 6.27. The van der Waals surface area contributed by atoms with Crippen LogP contribution in [0.3, 0.4) is 0 Å². The molecule has 1 heterocycles. The van der Waals surface area contributed by atoms with Gasteiger partial charge in [0.05, 0.1) is 18.5 Å². The van der Waals surface area contributed by atoms with Crippen LogP contribution in [0.1, 0.15) is 18.9 Å². The van der Waals surface area contributed by atoms with Crippen LogP contribution in [0.4, 0.5) is 0 Å². The summed E-state index contributed by atoms with van der Waals surface area (Å²) in [5, 5.41) is 4.83. The lowest BCUT2D eigenvalue weighted by Gasteiger charge is -2.25. The van der Waals surface area contributed by atoms with Crippen LogP contribution in [0.5, 0.6) is 0 Å². The van der Waals surface area contributed by atoms with Crippen molar-refractivity contribution in [2.45, 2.75) is 30.0 Å². The molecule has 0 spiro atoms. The highest BCUT2D eigenvalue weighted by Crippen LogP contribution is 2.30. The molecule has 0 unspecified atom stereocenters. The summed E-state index contributed by atoms with van der Waals surface area (Å²) in [6.07, 6.45) is 1.15. The summed E-state index contributed by atoms with van der Waals surface area (Å²) in [5.74, 6) is 0. The third-order valence-electron chi connectivity index (χ3n) is 2.68. The maximum Gasteiger partial charge on any atom is 0.0611 e. The van der Waals surface area contributed by atoms with Gasteiger partial charge in [-0.2, -0.15) is 0 Å². The molecule has 0 aromatic heterocycles. The van der Waals surface area contributed by atoms with E-state index in [1.807, 2.05) is 11.8 Å². The van der Waals surface area contributed by atoms with Gasteiger partial charge < -0.3 is 10.1 Å². The van der Waals surface area contributed by atoms with Crippen molar-refractivity contribution in [3.8, 4) is 0 Å². The summed E-state index contributed by atoms with van der Waals surface area (Å²) >= 11 is 8.12. The van der Waals surface area contributed by atoms with Gasteiger partial charge in [-0.05, 0) is 30.7 Å². The van der Waals surface area contributed by atoms with E-state index in [1.54, 1.807) is 0 Å². The van der Waals surface area contributed by atoms with Crippen LogP contribution in [-0.4, -0.2) is 25.0 Å². The second-order valence-electron chi connectivity index (χ2n) is 4.21. The Morgan fingerprint density at radius 3 is 2.88 bits per heavy atom. The van der Waals surface area contributed by atoms with Gasteiger partial charge in [0.2, 0.25) is 0 Å². The van der Waals surface area contributed by atoms with E-state index in [-0.39, 0.29) is 0 Å². The van der Waals surface area contributed by atoms with Gasteiger partial charge >= 0.3 is 0 Å². The largest absolute Gasteiger partial charge is 0.379 e. The molecule has 2 nitrogen and oxygen atoms in total. The number of hydrogen-bond donors (Lipinski definition) is 1. The zero-order valence-corrected chi connectivity index (χ0v) is 11.6. The van der Waals surface area contributed by atoms with Crippen molar-refractivity contribution in [2.75, 3.05) is 19.8 Å². The lowest BCUT2D eigenvalue weighted by molar-refractivity contribution is 0.0455. The second kappa shape index (κ2) is 6.64. The Bertz CT molecular complexity index is 368. The van der Waals surface area contributed by atoms with E-state index < -0.39 is 0 Å². The molecule has 94 valence electrons. The van der Waals surface area contributed by atoms with Crippen LogP contribution in [0, 0.1) is 0 Å². The van der Waals surface area contributed by atoms with E-state index in [2.05, 4.69) is 30.4 Å². The van der Waals surface area contributed by atoms with E-state index in [9.17, 15) is 0 Å². The highest BCUT2D eigenvalue weighted by molar-refractivity contribution is 8.00. The number of nitrogens with one attached hydrogen (secondary N) is 1. The van der Waals surface area contributed by atoms with Crippen LogP contribution in [0.15, 0.2) is 23.1 Å². The lowest BCUT2D eigenvalue weighted by Crippen LogP contribution is -2.30. The first-order chi connectivity index (χ1) is 8.29. The van der Waals surface area contributed by atoms with E-state index >= 15 is 0 Å². The zero-order chi connectivity index (χ0) is 12.1. The standard InChI is InChI=1S/C13H18ClNOS/c1-2-5-15-7-10-3-4-11(6-13(10)14)17-12-8-16-9-12/h3-4,6,12,15H,2,5,7-9H2,1H3. The maximum absolute atomic E-state index is 6.27. The number of halogens is 1. The Morgan fingerprint density at radius 2 is 2.29 bits per heavy atom. The van der Waals surface area contributed by atoms with Gasteiger partial charge in [0.25, 0.3) is 0 Å². The molecule has 1 saturated heterocycles. The fourth-order valence-corrected chi connectivity index (χ4v) is 2.98. The molecule has 0 radical (unpaired) electrons. The van der Waals surface area contributed by atoms with Gasteiger partial charge in [-0.15, -0.1) is 11.8 Å². The van der Waals surface area contributed by atoms with Crippen LogP contribution in [0.25, 0.3) is 0 Å². The predicted molar refractivity (Wildman–Crippen MR) is 73.9 cm³/mol. The Morgan fingerprint density at radius 1 is 1.47 bits per heavy atom. The number of thioether (sulfide) groups is 1. The lowest BCUT2D eigenvalue weighted by atomic mass is 10.2. The van der Waals surface area contributed by atoms with Gasteiger partial charge in [-0.25, -0.2) is 0 Å². The fraction of sp³-hybridized carbons (Fsp3) is 0.538. The van der Waals surface area contributed by atoms with Crippen molar-refractivity contribution in [2.24, 2.45) is 0 Å². The van der Waals surface area contributed by atoms with Crippen molar-refractivity contribution >= 4 is 23.4 Å². The molecular formula is C13H18ClNOS. The summed E-state index contributed by atoms with van der Waals surface area (Å²) in [6.45, 7) is 5.77. The first-order valence-corrected chi connectivity index (χ1v) is 7.29. The molecule has 4 heteroatoms. The zero-order valence-electron chi connectivity index (χ0n) is 10.0. The van der Waals surface area contributed by atoms with E-state index in [0.717, 1.165) is 37.7 Å². The molecule has 1 fully saturated rings. The van der Waals surface area contributed by atoms with Crippen LogP contribution < -0.4 is 5.32 Å². The van der Waals surface area contributed by atoms with E-state index in [1.165, 1.54) is 10.5 Å². The predicted octanol–water partition coefficient (Wildman–Crippen LogP) is 3.33. The summed E-state index contributed by atoms with van der Waals surface area (Å²) in [7, 11) is 0. The molecule has 1 N–H and O–H groups in total. The molecule has 0 bridgehead atoms. The Labute approximate surface area is 112 Å². The molecule has 0 saturated carbocycles. The number of rotatable bonds is 6. The summed E-state index contributed by atoms with van der Waals surface area (Å²) < 4.78 is 5.16. The summed E-state index contributed by atoms with van der Waals surface area (Å²) in [6, 6.07) is 6.33. The normalized spacial score (nSPS) is 15.9. The molecule has 1 aromatic carbocycles. The molecule has 2 rings (SSSR count). The van der Waals surface area contributed by atoms with E-state index in [4.69, 9.17) is 16.3 Å². The van der Waals surface area contributed by atoms with Crippen molar-refractivity contribution in [3.05, 3.63) is 28.8 Å². The molecule has 17 heavy (non-hydrogen) atoms. The number of ether oxygens (including phenoxy) is 1. The van der Waals surface area contributed by atoms with Gasteiger partial charge in [0, 0.05) is 16.5 Å². The monoisotopic (exact) mass is 271 g/mol. The molecule has 1 aromatic rings. The highest BCUT2D eigenvalue weighted by atomic mass is 35.5. The second-order valence-corrected chi connectivity index (χ2v) is 5.99. The average Bonchev–Trinajstić information content (AvgIpc) is 2.27. The Hall–Kier alpha value is -0.220. The van der Waals surface area contributed by atoms with Gasteiger partial charge in [-0.1, -0.05) is 24.6 Å². The summed E-state index contributed by atoms with van der Waals surface area (Å²) in [5.41, 5.74) is 1.18. The highest BCUT2D eigenvalue weighted by Gasteiger charge is 2.19. The van der Waals surface area contributed by atoms with Crippen molar-refractivity contribution in [3.63, 3.8) is 0 Å². The minimum atomic E-state index is 0.607. The first-order valence-electron chi connectivity index (χ1n) is 6.03. The average molecular weight is 272 g/mol. The minimum Gasteiger partial charge on any atom is -0.379 e. The molecule has 1 aliphatic heterocycles. The first kappa shape index (κ1) is 13.2. The SMILES string of the molecule is CCCNCc1ccc(SC2COC2)cc1Cl. The molecule has 1 aliphatic rings. The van der Waals surface area contributed by atoms with Crippen molar-refractivity contribution in [1.82, 2.24) is 5.32 Å². The third kappa shape index (κ3) is 3.88. The van der Waals surface area contributed by atoms with Gasteiger partial charge in [-0.3, -0.25) is 0 Å². The molecule has 0 atom stereocenters. The van der Waals surface area contributed by atoms with Crippen molar-refractivity contribution in [1.29, 1.82) is 0 Å². The fourth-order valence-electron chi connectivity index (χ4n) is 1.62. The molecular weight excluding hydrogens is 254 g/mol. The Balaban J connectivity index is 1.90. The number of benzene rings is 1. The van der Waals surface area contributed by atoms with Crippen LogP contribution >= 0.6 is 23.4 Å². The van der Waals surface area contributed by atoms with Crippen molar-refractivity contribution < 1.29 is 4.74 Å². The minimum absolute atomic E-state index is 0.607. The smallest absolute Gasteiger partial charge is 0.0611 e. The van der Waals surface area contributed by atoms with Gasteiger partial charge in [0.15, 0.2) is 0 Å². The number of hydrogen-bond acceptors (Lipinski definition) is 3. The van der Waals surface area contributed by atoms with Crippen LogP contribution in [0.2, 0.25) is 5.02 Å². The van der Waals surface area contributed by atoms with E-state index in [0.29, 0.717) is 5.25 Å². The van der Waals surface area contributed by atoms with Gasteiger partial charge in [0.1, 0.15) is 0 Å². The Kier molecular flexibility index (Phi) is 5.16. The molecule has 0 aliphatic carbocycles. The van der Waals surface area contributed by atoms with Crippen LogP contribution in [-0.2, 0) is 11.3 Å². The topological polar surface area (TPSA) is 21.3 Å². The quantitative estimate of drug-likeness (QED) is 0.802.